The van der Waals surface area contributed by atoms with Crippen molar-refractivity contribution in [3.63, 3.8) is 0 Å². The average molecular weight is 394 g/mol. The number of fused-ring (bicyclic) bond motifs is 1. The molecule has 146 valence electrons. The summed E-state index contributed by atoms with van der Waals surface area (Å²) in [7, 11) is 0. The smallest absolute Gasteiger partial charge is 0.235 e. The summed E-state index contributed by atoms with van der Waals surface area (Å²) in [6, 6.07) is 8.66. The summed E-state index contributed by atoms with van der Waals surface area (Å²) in [5.74, 6) is -3.38. The molecule has 0 bridgehead atoms. The second-order valence-electron chi connectivity index (χ2n) is 6.39. The first-order valence-corrected chi connectivity index (χ1v) is 8.33. The first kappa shape index (κ1) is 18.1. The maximum absolute atomic E-state index is 12.8. The van der Waals surface area contributed by atoms with Crippen LogP contribution in [-0.2, 0) is 0 Å². The number of benzene rings is 3. The molecule has 1 heterocycles. The number of phenolic OH excluding ortho intramolecular Hbond substituents is 6. The lowest BCUT2D eigenvalue weighted by atomic mass is 9.98. The third-order valence-corrected chi connectivity index (χ3v) is 4.46. The topological polar surface area (TPSA) is 148 Å². The van der Waals surface area contributed by atoms with E-state index in [0.29, 0.717) is 5.56 Å². The van der Waals surface area contributed by atoms with E-state index in [1.807, 2.05) is 0 Å². The standard InChI is InChI=1S/C21H14O8/c22-11-3-1-9(5-13(11)24)6-17-20(28)19-16(27)8-15(26)18(21(19)29-17)10-2-4-12(23)14(25)7-10/h1-8,22-27H/b17-6-. The summed E-state index contributed by atoms with van der Waals surface area (Å²) in [6.45, 7) is 0. The SMILES string of the molecule is O=C1/C(=C/c2ccc(O)c(O)c2)Oc2c1c(O)cc(O)c2-c1ccc(O)c(O)c1. The zero-order chi connectivity index (χ0) is 20.9. The Morgan fingerprint density at radius 2 is 1.28 bits per heavy atom. The van der Waals surface area contributed by atoms with Crippen molar-refractivity contribution >= 4 is 11.9 Å². The number of hydrogen-bond acceptors (Lipinski definition) is 8. The van der Waals surface area contributed by atoms with Crippen molar-refractivity contribution in [2.45, 2.75) is 0 Å². The molecule has 8 heteroatoms. The van der Waals surface area contributed by atoms with Crippen molar-refractivity contribution in [3.8, 4) is 51.4 Å². The van der Waals surface area contributed by atoms with E-state index in [1.165, 1.54) is 42.5 Å². The Bertz CT molecular complexity index is 1210. The molecule has 1 aliphatic heterocycles. The third kappa shape index (κ3) is 2.92. The van der Waals surface area contributed by atoms with Crippen LogP contribution in [0.5, 0.6) is 40.2 Å². The second kappa shape index (κ2) is 6.38. The molecule has 3 aromatic rings. The van der Waals surface area contributed by atoms with Crippen LogP contribution in [0, 0.1) is 0 Å². The highest BCUT2D eigenvalue weighted by atomic mass is 16.5. The highest BCUT2D eigenvalue weighted by Gasteiger charge is 2.35. The molecule has 1 aliphatic rings. The summed E-state index contributed by atoms with van der Waals surface area (Å²) in [5.41, 5.74) is 0.451. The highest BCUT2D eigenvalue weighted by molar-refractivity contribution is 6.18. The monoisotopic (exact) mass is 394 g/mol. The number of ether oxygens (including phenoxy) is 1. The third-order valence-electron chi connectivity index (χ3n) is 4.46. The molecule has 3 aromatic carbocycles. The van der Waals surface area contributed by atoms with E-state index in [2.05, 4.69) is 0 Å². The van der Waals surface area contributed by atoms with E-state index in [9.17, 15) is 35.4 Å². The molecule has 0 saturated carbocycles. The number of aromatic hydroxyl groups is 6. The minimum atomic E-state index is -0.658. The minimum Gasteiger partial charge on any atom is -0.507 e. The van der Waals surface area contributed by atoms with Crippen molar-refractivity contribution in [1.29, 1.82) is 0 Å². The Morgan fingerprint density at radius 1 is 0.655 bits per heavy atom. The zero-order valence-corrected chi connectivity index (χ0v) is 14.6. The largest absolute Gasteiger partial charge is 0.507 e. The van der Waals surface area contributed by atoms with Gasteiger partial charge < -0.3 is 35.4 Å². The van der Waals surface area contributed by atoms with Gasteiger partial charge >= 0.3 is 0 Å². The van der Waals surface area contributed by atoms with Crippen molar-refractivity contribution in [3.05, 3.63) is 59.4 Å². The van der Waals surface area contributed by atoms with E-state index in [0.717, 1.165) is 6.07 Å². The quantitative estimate of drug-likeness (QED) is 0.287. The van der Waals surface area contributed by atoms with Gasteiger partial charge in [-0.3, -0.25) is 4.79 Å². The fraction of sp³-hybridized carbons (Fsp3) is 0. The Hall–Kier alpha value is -4.33. The lowest BCUT2D eigenvalue weighted by Crippen LogP contribution is -1.98. The summed E-state index contributed by atoms with van der Waals surface area (Å²) >= 11 is 0. The van der Waals surface area contributed by atoms with Crippen LogP contribution in [0.25, 0.3) is 17.2 Å². The molecule has 0 aliphatic carbocycles. The van der Waals surface area contributed by atoms with Crippen molar-refractivity contribution in [2.75, 3.05) is 0 Å². The van der Waals surface area contributed by atoms with Gasteiger partial charge in [-0.05, 0) is 41.5 Å². The normalized spacial score (nSPS) is 14.1. The van der Waals surface area contributed by atoms with Crippen LogP contribution >= 0.6 is 0 Å². The lowest BCUT2D eigenvalue weighted by molar-refractivity contribution is 0.101. The number of rotatable bonds is 2. The van der Waals surface area contributed by atoms with Gasteiger partial charge in [0.2, 0.25) is 5.78 Å². The summed E-state index contributed by atoms with van der Waals surface area (Å²) in [4.78, 5) is 12.8. The van der Waals surface area contributed by atoms with Crippen LogP contribution in [0.1, 0.15) is 15.9 Å². The summed E-state index contributed by atoms with van der Waals surface area (Å²) in [6.07, 6.45) is 1.30. The number of carbonyl (C=O) groups excluding carboxylic acids is 1. The fourth-order valence-corrected chi connectivity index (χ4v) is 3.07. The van der Waals surface area contributed by atoms with Crippen molar-refractivity contribution in [2.24, 2.45) is 0 Å². The van der Waals surface area contributed by atoms with E-state index >= 15 is 0 Å². The first-order chi connectivity index (χ1) is 13.8. The van der Waals surface area contributed by atoms with E-state index < -0.39 is 23.0 Å². The van der Waals surface area contributed by atoms with Crippen LogP contribution in [0.2, 0.25) is 0 Å². The predicted octanol–water partition coefficient (Wildman–Crippen LogP) is 3.20. The maximum Gasteiger partial charge on any atom is 0.235 e. The van der Waals surface area contributed by atoms with E-state index in [-0.39, 0.29) is 45.4 Å². The number of carbonyl (C=O) groups is 1. The van der Waals surface area contributed by atoms with Gasteiger partial charge in [0.15, 0.2) is 34.5 Å². The molecule has 0 saturated heterocycles. The first-order valence-electron chi connectivity index (χ1n) is 8.33. The molecule has 0 fully saturated rings. The molecule has 6 N–H and O–H groups in total. The van der Waals surface area contributed by atoms with Gasteiger partial charge in [-0.1, -0.05) is 12.1 Å². The van der Waals surface area contributed by atoms with Crippen LogP contribution in [-0.4, -0.2) is 36.4 Å². The predicted molar refractivity (Wildman–Crippen MR) is 101 cm³/mol. The van der Waals surface area contributed by atoms with Gasteiger partial charge in [0.05, 0.1) is 5.56 Å². The number of ketones is 1. The van der Waals surface area contributed by atoms with Crippen LogP contribution < -0.4 is 4.74 Å². The molecule has 8 nitrogen and oxygen atoms in total. The number of hydrogen-bond donors (Lipinski definition) is 6. The van der Waals surface area contributed by atoms with Gasteiger partial charge in [-0.2, -0.15) is 0 Å². The molecule has 0 radical (unpaired) electrons. The number of Topliss-reactive ketones (excluding diaryl/α,β-unsaturated/α-hetero) is 1. The Kier molecular flexibility index (Phi) is 3.97. The Labute approximate surface area is 163 Å². The lowest BCUT2D eigenvalue weighted by Gasteiger charge is -2.11. The van der Waals surface area contributed by atoms with E-state index in [1.54, 1.807) is 0 Å². The molecule has 29 heavy (non-hydrogen) atoms. The zero-order valence-electron chi connectivity index (χ0n) is 14.6. The maximum atomic E-state index is 12.8. The van der Waals surface area contributed by atoms with Crippen LogP contribution in [0.3, 0.4) is 0 Å². The second-order valence-corrected chi connectivity index (χ2v) is 6.39. The van der Waals surface area contributed by atoms with Gasteiger partial charge in [-0.15, -0.1) is 0 Å². The molecule has 0 aromatic heterocycles. The molecular weight excluding hydrogens is 380 g/mol. The van der Waals surface area contributed by atoms with Gasteiger partial charge in [0, 0.05) is 6.07 Å². The number of phenols is 6. The van der Waals surface area contributed by atoms with Gasteiger partial charge in [-0.25, -0.2) is 0 Å². The molecule has 0 atom stereocenters. The minimum absolute atomic E-state index is 0.0402. The molecule has 4 rings (SSSR count). The fourth-order valence-electron chi connectivity index (χ4n) is 3.07. The molecule has 0 spiro atoms. The Balaban J connectivity index is 1.86. The van der Waals surface area contributed by atoms with Gasteiger partial charge in [0.1, 0.15) is 17.1 Å². The average Bonchev–Trinajstić information content (AvgIpc) is 2.97. The van der Waals surface area contributed by atoms with Gasteiger partial charge in [0.25, 0.3) is 0 Å². The van der Waals surface area contributed by atoms with Crippen molar-refractivity contribution in [1.82, 2.24) is 0 Å². The van der Waals surface area contributed by atoms with Crippen LogP contribution in [0.4, 0.5) is 0 Å². The molecular formula is C21H14O8. The molecule has 0 amide bonds. The molecule has 0 unspecified atom stereocenters. The summed E-state index contributed by atoms with van der Waals surface area (Å²) in [5, 5.41) is 58.8. The van der Waals surface area contributed by atoms with Crippen LogP contribution in [0.15, 0.2) is 48.2 Å². The Morgan fingerprint density at radius 3 is 1.93 bits per heavy atom. The number of allylic oxidation sites excluding steroid dienone is 1. The van der Waals surface area contributed by atoms with E-state index in [4.69, 9.17) is 4.74 Å². The summed E-state index contributed by atoms with van der Waals surface area (Å²) < 4.78 is 5.61. The highest BCUT2D eigenvalue weighted by Crippen LogP contribution is 2.50. The van der Waals surface area contributed by atoms with Crippen molar-refractivity contribution < 1.29 is 40.2 Å².